The summed E-state index contributed by atoms with van der Waals surface area (Å²) in [5.41, 5.74) is 0.951. The molecule has 0 saturated carbocycles. The molecule has 4 rings (SSSR count). The highest BCUT2D eigenvalue weighted by molar-refractivity contribution is 9.10. The summed E-state index contributed by atoms with van der Waals surface area (Å²) in [4.78, 5) is 61.6. The number of fused-ring (bicyclic) bond motifs is 1. The number of ketones is 1. The summed E-state index contributed by atoms with van der Waals surface area (Å²) in [7, 11) is 0. The molecule has 0 radical (unpaired) electrons. The van der Waals surface area contributed by atoms with E-state index in [0.717, 1.165) is 20.8 Å². The van der Waals surface area contributed by atoms with E-state index >= 15 is 0 Å². The molecule has 2 aromatic carbocycles. The molecule has 13 heteroatoms. The smallest absolute Gasteiger partial charge is 0.303 e. The molecule has 12 nitrogen and oxygen atoms in total. The summed E-state index contributed by atoms with van der Waals surface area (Å²) in [6, 6.07) is 9.65. The molecule has 0 aromatic heterocycles. The van der Waals surface area contributed by atoms with E-state index in [1.165, 1.54) is 6.92 Å². The van der Waals surface area contributed by atoms with E-state index in [9.17, 15) is 24.0 Å². The topological polar surface area (TPSA) is 150 Å². The van der Waals surface area contributed by atoms with Crippen LogP contribution in [0, 0.1) is 0 Å². The lowest BCUT2D eigenvalue weighted by Gasteiger charge is -2.44. The first-order valence-corrected chi connectivity index (χ1v) is 13.8. The zero-order chi connectivity index (χ0) is 30.6. The van der Waals surface area contributed by atoms with Gasteiger partial charge in [-0.3, -0.25) is 24.0 Å². The van der Waals surface area contributed by atoms with E-state index in [2.05, 4.69) is 15.9 Å². The van der Waals surface area contributed by atoms with Crippen LogP contribution in [0.5, 0.6) is 11.5 Å². The number of halogens is 1. The summed E-state index contributed by atoms with van der Waals surface area (Å²) in [6.07, 6.45) is -6.19. The van der Waals surface area contributed by atoms with Crippen LogP contribution in [0.25, 0.3) is 0 Å². The molecule has 224 valence electrons. The second-order valence-corrected chi connectivity index (χ2v) is 10.4. The first-order valence-electron chi connectivity index (χ1n) is 13.0. The first kappa shape index (κ1) is 31.0. The minimum atomic E-state index is -1.34. The van der Waals surface area contributed by atoms with Crippen LogP contribution in [0.2, 0.25) is 0 Å². The molecule has 2 aliphatic rings. The number of carbonyl (C=O) groups excluding carboxylic acids is 5. The van der Waals surface area contributed by atoms with Crippen LogP contribution in [-0.4, -0.2) is 73.9 Å². The molecule has 0 amide bonds. The molecule has 2 aromatic rings. The van der Waals surface area contributed by atoms with Crippen molar-refractivity contribution in [2.24, 2.45) is 0 Å². The summed E-state index contributed by atoms with van der Waals surface area (Å²) < 4.78 is 39.5. The maximum atomic E-state index is 13.6. The van der Waals surface area contributed by atoms with E-state index < -0.39 is 54.4 Å². The van der Waals surface area contributed by atoms with Crippen LogP contribution in [0.3, 0.4) is 0 Å². The van der Waals surface area contributed by atoms with Crippen molar-refractivity contribution < 1.29 is 57.1 Å². The van der Waals surface area contributed by atoms with Crippen LogP contribution in [0.4, 0.5) is 0 Å². The Labute approximate surface area is 249 Å². The van der Waals surface area contributed by atoms with Gasteiger partial charge in [-0.2, -0.15) is 0 Å². The minimum Gasteiger partial charge on any atom is -0.486 e. The summed E-state index contributed by atoms with van der Waals surface area (Å²) in [5, 5.41) is 0. The summed E-state index contributed by atoms with van der Waals surface area (Å²) >= 11 is 3.43. The second kappa shape index (κ2) is 13.3. The number of hydrogen-bond donors (Lipinski definition) is 0. The molecule has 1 unspecified atom stereocenters. The van der Waals surface area contributed by atoms with Gasteiger partial charge in [0.05, 0.1) is 0 Å². The Morgan fingerprint density at radius 3 is 2.02 bits per heavy atom. The average Bonchev–Trinajstić information content (AvgIpc) is 2.93. The zero-order valence-corrected chi connectivity index (χ0v) is 24.8. The van der Waals surface area contributed by atoms with Gasteiger partial charge in [-0.05, 0) is 35.9 Å². The minimum absolute atomic E-state index is 0.247. The van der Waals surface area contributed by atoms with Crippen molar-refractivity contribution in [1.29, 1.82) is 0 Å². The lowest BCUT2D eigenvalue weighted by atomic mass is 9.89. The van der Waals surface area contributed by atoms with Crippen LogP contribution in [-0.2, 0) is 42.9 Å². The van der Waals surface area contributed by atoms with Crippen molar-refractivity contribution in [1.82, 2.24) is 0 Å². The van der Waals surface area contributed by atoms with Crippen molar-refractivity contribution >= 4 is 45.6 Å². The highest BCUT2D eigenvalue weighted by Gasteiger charge is 2.52. The third-order valence-electron chi connectivity index (χ3n) is 6.36. The first-order chi connectivity index (χ1) is 19.9. The van der Waals surface area contributed by atoms with Gasteiger partial charge in [0.25, 0.3) is 0 Å². The molecule has 0 N–H and O–H groups in total. The Morgan fingerprint density at radius 1 is 0.762 bits per heavy atom. The Hall–Kier alpha value is -3.97. The molecule has 5 atom stereocenters. The number of carbonyl (C=O) groups is 5. The van der Waals surface area contributed by atoms with Gasteiger partial charge in [0.15, 0.2) is 35.6 Å². The predicted octanol–water partition coefficient (Wildman–Crippen LogP) is 3.25. The fourth-order valence-corrected chi connectivity index (χ4v) is 5.16. The van der Waals surface area contributed by atoms with Crippen molar-refractivity contribution in [2.75, 3.05) is 19.8 Å². The molecule has 2 heterocycles. The second-order valence-electron chi connectivity index (χ2n) is 9.55. The largest absolute Gasteiger partial charge is 0.486 e. The standard InChI is InChI=1S/C29H29BrO12/c1-14(31)38-13-24-27(39-15(2)32)29(41-17(4)34)28(40-16(3)33)26(42-24)19-5-7-21(30)20(11-19)25(35)18-6-8-22-23(12-18)37-10-9-36-22/h5-8,11-12,24,26-29H,9-10,13H2,1-4H3/t24-,26+,27?,28+,29+/m1/s1. The molecule has 42 heavy (non-hydrogen) atoms. The van der Waals surface area contributed by atoms with Crippen molar-refractivity contribution in [3.63, 3.8) is 0 Å². The normalized spacial score (nSPS) is 22.8. The number of esters is 4. The number of hydrogen-bond acceptors (Lipinski definition) is 12. The molecule has 0 bridgehead atoms. The van der Waals surface area contributed by atoms with E-state index in [0.29, 0.717) is 40.3 Å². The highest BCUT2D eigenvalue weighted by Crippen LogP contribution is 2.39. The van der Waals surface area contributed by atoms with Gasteiger partial charge in [-0.15, -0.1) is 0 Å². The number of benzene rings is 2. The van der Waals surface area contributed by atoms with Crippen molar-refractivity contribution in [2.45, 2.75) is 58.2 Å². The van der Waals surface area contributed by atoms with E-state index in [-0.39, 0.29) is 18.0 Å². The van der Waals surface area contributed by atoms with Gasteiger partial charge in [-0.25, -0.2) is 0 Å². The molecule has 2 aliphatic heterocycles. The molecule has 0 aliphatic carbocycles. The maximum absolute atomic E-state index is 13.6. The Balaban J connectivity index is 1.76. The third kappa shape index (κ3) is 7.26. The van der Waals surface area contributed by atoms with E-state index in [1.807, 2.05) is 0 Å². The zero-order valence-electron chi connectivity index (χ0n) is 23.2. The molecular weight excluding hydrogens is 620 g/mol. The average molecular weight is 649 g/mol. The van der Waals surface area contributed by atoms with Crippen molar-refractivity contribution in [3.05, 3.63) is 57.6 Å². The van der Waals surface area contributed by atoms with Crippen LogP contribution in [0.1, 0.15) is 55.3 Å². The predicted molar refractivity (Wildman–Crippen MR) is 146 cm³/mol. The Bertz CT molecular complexity index is 1390. The fourth-order valence-electron chi connectivity index (χ4n) is 4.73. The molecule has 0 spiro atoms. The van der Waals surface area contributed by atoms with Crippen LogP contribution in [0.15, 0.2) is 40.9 Å². The van der Waals surface area contributed by atoms with Gasteiger partial charge in [0.2, 0.25) is 0 Å². The summed E-state index contributed by atoms with van der Waals surface area (Å²) in [6.45, 7) is 5.03. The quantitative estimate of drug-likeness (QED) is 0.235. The lowest BCUT2D eigenvalue weighted by Crippen LogP contribution is -2.59. The van der Waals surface area contributed by atoms with Gasteiger partial charge in [-0.1, -0.05) is 22.0 Å². The molecular formula is C29H29BrO12. The van der Waals surface area contributed by atoms with Gasteiger partial charge in [0, 0.05) is 43.3 Å². The lowest BCUT2D eigenvalue weighted by molar-refractivity contribution is -0.254. The SMILES string of the molecule is CC(=O)OC[C@H]1O[C@@H](c2ccc(Br)c(C(=O)c3ccc4c(c3)OCCO4)c2)[C@H](OC(C)=O)[C@@H](OC(C)=O)C1OC(C)=O. The van der Waals surface area contributed by atoms with E-state index in [1.54, 1.807) is 36.4 Å². The fraction of sp³-hybridized carbons (Fsp3) is 0.414. The van der Waals surface area contributed by atoms with Crippen LogP contribution >= 0.6 is 15.9 Å². The number of rotatable bonds is 8. The van der Waals surface area contributed by atoms with Gasteiger partial charge in [0.1, 0.15) is 32.0 Å². The van der Waals surface area contributed by atoms with Crippen LogP contribution < -0.4 is 9.47 Å². The monoisotopic (exact) mass is 648 g/mol. The van der Waals surface area contributed by atoms with Crippen molar-refractivity contribution in [3.8, 4) is 11.5 Å². The Kier molecular flexibility index (Phi) is 9.84. The maximum Gasteiger partial charge on any atom is 0.303 e. The highest BCUT2D eigenvalue weighted by atomic mass is 79.9. The molecule has 1 saturated heterocycles. The third-order valence-corrected chi connectivity index (χ3v) is 7.05. The summed E-state index contributed by atoms with van der Waals surface area (Å²) in [5.74, 6) is -2.21. The molecule has 1 fully saturated rings. The van der Waals surface area contributed by atoms with E-state index in [4.69, 9.17) is 33.2 Å². The Morgan fingerprint density at radius 2 is 1.38 bits per heavy atom. The van der Waals surface area contributed by atoms with Gasteiger partial charge >= 0.3 is 23.9 Å². The van der Waals surface area contributed by atoms with Gasteiger partial charge < -0.3 is 33.2 Å². The number of ether oxygens (including phenoxy) is 7.